The molecule has 0 saturated carbocycles. The molecule has 0 aliphatic rings. The summed E-state index contributed by atoms with van der Waals surface area (Å²) in [6.07, 6.45) is 0. The minimum atomic E-state index is -1.17. The van der Waals surface area contributed by atoms with Gasteiger partial charge in [-0.3, -0.25) is 4.79 Å². The Balaban J connectivity index is 2.30. The van der Waals surface area contributed by atoms with E-state index >= 15 is 0 Å². The average Bonchev–Trinajstić information content (AvgIpc) is 2.76. The highest BCUT2D eigenvalue weighted by Crippen LogP contribution is 2.26. The maximum atomic E-state index is 13.5. The first kappa shape index (κ1) is 13.0. The molecule has 0 aliphatic heterocycles. The highest BCUT2D eigenvalue weighted by atomic mass is 79.9. The normalized spacial score (nSPS) is 10.4. The van der Waals surface area contributed by atoms with Crippen LogP contribution in [0, 0.1) is 11.6 Å². The number of halogens is 3. The highest BCUT2D eigenvalue weighted by molar-refractivity contribution is 9.11. The molecule has 0 radical (unpaired) electrons. The molecule has 2 aromatic rings. The third-order valence-corrected chi connectivity index (χ3v) is 3.70. The number of carbonyl (C=O) groups excluding carboxylic acids is 1. The van der Waals surface area contributed by atoms with Crippen molar-refractivity contribution in [2.45, 2.75) is 0 Å². The Labute approximate surface area is 114 Å². The summed E-state index contributed by atoms with van der Waals surface area (Å²) in [6.45, 7) is 0. The van der Waals surface area contributed by atoms with E-state index in [4.69, 9.17) is 5.73 Å². The molecule has 1 aromatic carbocycles. The van der Waals surface area contributed by atoms with E-state index < -0.39 is 17.5 Å². The monoisotopic (exact) mass is 332 g/mol. The van der Waals surface area contributed by atoms with Gasteiger partial charge in [-0.15, -0.1) is 11.3 Å². The summed E-state index contributed by atoms with van der Waals surface area (Å²) in [5.74, 6) is -2.78. The minimum absolute atomic E-state index is 0.0310. The number of hydrogen-bond acceptors (Lipinski definition) is 3. The molecule has 0 spiro atoms. The Hall–Kier alpha value is -1.47. The van der Waals surface area contributed by atoms with E-state index in [-0.39, 0.29) is 11.4 Å². The average molecular weight is 333 g/mol. The molecule has 1 amide bonds. The molecule has 18 heavy (non-hydrogen) atoms. The van der Waals surface area contributed by atoms with Crippen LogP contribution in [0.2, 0.25) is 0 Å². The van der Waals surface area contributed by atoms with E-state index in [0.29, 0.717) is 5.56 Å². The van der Waals surface area contributed by atoms with Gasteiger partial charge in [0, 0.05) is 5.38 Å². The predicted molar refractivity (Wildman–Crippen MR) is 70.7 cm³/mol. The van der Waals surface area contributed by atoms with Gasteiger partial charge in [0.25, 0.3) is 5.91 Å². The van der Waals surface area contributed by atoms with Gasteiger partial charge >= 0.3 is 0 Å². The first-order valence-electron chi connectivity index (χ1n) is 4.78. The van der Waals surface area contributed by atoms with Crippen LogP contribution >= 0.6 is 27.3 Å². The van der Waals surface area contributed by atoms with Crippen molar-refractivity contribution >= 4 is 44.5 Å². The Morgan fingerprint density at radius 2 is 2.11 bits per heavy atom. The zero-order valence-corrected chi connectivity index (χ0v) is 11.2. The van der Waals surface area contributed by atoms with Gasteiger partial charge in [-0.05, 0) is 34.1 Å². The number of anilines is 2. The Kier molecular flexibility index (Phi) is 3.63. The van der Waals surface area contributed by atoms with Gasteiger partial charge in [0.05, 0.1) is 15.0 Å². The van der Waals surface area contributed by atoms with Crippen molar-refractivity contribution < 1.29 is 13.6 Å². The number of hydrogen-bond donors (Lipinski definition) is 2. The molecule has 3 nitrogen and oxygen atoms in total. The number of carbonyl (C=O) groups is 1. The Bertz CT molecular complexity index is 615. The van der Waals surface area contributed by atoms with Crippen molar-refractivity contribution in [1.29, 1.82) is 0 Å². The molecule has 0 aliphatic carbocycles. The van der Waals surface area contributed by atoms with Crippen molar-refractivity contribution in [3.8, 4) is 0 Å². The van der Waals surface area contributed by atoms with Gasteiger partial charge in [-0.25, -0.2) is 8.78 Å². The van der Waals surface area contributed by atoms with Gasteiger partial charge in [0.15, 0.2) is 11.6 Å². The van der Waals surface area contributed by atoms with E-state index in [1.54, 1.807) is 11.4 Å². The number of nitrogens with two attached hydrogens (primary N) is 1. The third-order valence-electron chi connectivity index (χ3n) is 2.20. The lowest BCUT2D eigenvalue weighted by atomic mass is 10.2. The topological polar surface area (TPSA) is 55.1 Å². The van der Waals surface area contributed by atoms with E-state index in [9.17, 15) is 13.6 Å². The molecule has 0 fully saturated rings. The molecule has 94 valence electrons. The van der Waals surface area contributed by atoms with Crippen LogP contribution in [0.25, 0.3) is 0 Å². The second-order valence-corrected chi connectivity index (χ2v) is 5.71. The maximum absolute atomic E-state index is 13.5. The largest absolute Gasteiger partial charge is 0.397 e. The van der Waals surface area contributed by atoms with Crippen LogP contribution in [-0.2, 0) is 0 Å². The van der Waals surface area contributed by atoms with Crippen LogP contribution in [0.3, 0.4) is 0 Å². The van der Waals surface area contributed by atoms with Gasteiger partial charge in [-0.2, -0.15) is 0 Å². The van der Waals surface area contributed by atoms with E-state index in [0.717, 1.165) is 9.85 Å². The van der Waals surface area contributed by atoms with E-state index in [2.05, 4.69) is 21.2 Å². The number of rotatable bonds is 2. The zero-order chi connectivity index (χ0) is 13.3. The summed E-state index contributed by atoms with van der Waals surface area (Å²) in [7, 11) is 0. The van der Waals surface area contributed by atoms with Gasteiger partial charge in [-0.1, -0.05) is 0 Å². The van der Waals surface area contributed by atoms with Crippen molar-refractivity contribution in [3.63, 3.8) is 0 Å². The Morgan fingerprint density at radius 3 is 2.72 bits per heavy atom. The number of thiophene rings is 1. The number of benzene rings is 1. The first-order chi connectivity index (χ1) is 8.49. The first-order valence-corrected chi connectivity index (χ1v) is 6.45. The fourth-order valence-electron chi connectivity index (χ4n) is 1.31. The van der Waals surface area contributed by atoms with Crippen LogP contribution in [0.4, 0.5) is 20.2 Å². The summed E-state index contributed by atoms with van der Waals surface area (Å²) >= 11 is 4.52. The van der Waals surface area contributed by atoms with Crippen LogP contribution in [0.1, 0.15) is 10.4 Å². The second-order valence-electron chi connectivity index (χ2n) is 3.42. The SMILES string of the molecule is Nc1ccc(F)c(F)c1NC(=O)c1csc(Br)c1. The number of nitrogens with one attached hydrogen (secondary N) is 1. The summed E-state index contributed by atoms with van der Waals surface area (Å²) in [4.78, 5) is 11.8. The van der Waals surface area contributed by atoms with Crippen molar-refractivity contribution in [3.05, 3.63) is 44.6 Å². The van der Waals surface area contributed by atoms with Crippen LogP contribution in [0.15, 0.2) is 27.4 Å². The quantitative estimate of drug-likeness (QED) is 0.825. The van der Waals surface area contributed by atoms with Gasteiger partial charge in [0.1, 0.15) is 5.69 Å². The van der Waals surface area contributed by atoms with Crippen molar-refractivity contribution in [2.24, 2.45) is 0 Å². The molecule has 0 atom stereocenters. The highest BCUT2D eigenvalue weighted by Gasteiger charge is 2.16. The molecule has 1 heterocycles. The molecular weight excluding hydrogens is 326 g/mol. The summed E-state index contributed by atoms with van der Waals surface area (Å²) in [5.41, 5.74) is 5.46. The summed E-state index contributed by atoms with van der Waals surface area (Å²) in [6, 6.07) is 3.67. The fourth-order valence-corrected chi connectivity index (χ4v) is 2.44. The molecule has 7 heteroatoms. The van der Waals surface area contributed by atoms with E-state index in [1.165, 1.54) is 17.4 Å². The third kappa shape index (κ3) is 2.51. The molecule has 0 bridgehead atoms. The van der Waals surface area contributed by atoms with Crippen molar-refractivity contribution in [2.75, 3.05) is 11.1 Å². The number of nitrogen functional groups attached to an aromatic ring is 1. The smallest absolute Gasteiger partial charge is 0.256 e. The molecule has 1 aromatic heterocycles. The molecule has 0 saturated heterocycles. The summed E-state index contributed by atoms with van der Waals surface area (Å²) < 4.78 is 27.3. The maximum Gasteiger partial charge on any atom is 0.256 e. The zero-order valence-electron chi connectivity index (χ0n) is 8.84. The minimum Gasteiger partial charge on any atom is -0.397 e. The fraction of sp³-hybridized carbons (Fsp3) is 0. The van der Waals surface area contributed by atoms with E-state index in [1.807, 2.05) is 0 Å². The lowest BCUT2D eigenvalue weighted by Crippen LogP contribution is -2.14. The molecular formula is C11H7BrF2N2OS. The number of amides is 1. The van der Waals surface area contributed by atoms with Gasteiger partial charge in [0.2, 0.25) is 0 Å². The lowest BCUT2D eigenvalue weighted by Gasteiger charge is -2.08. The lowest BCUT2D eigenvalue weighted by molar-refractivity contribution is 0.102. The molecule has 0 unspecified atom stereocenters. The second kappa shape index (κ2) is 5.03. The van der Waals surface area contributed by atoms with Crippen LogP contribution in [0.5, 0.6) is 0 Å². The Morgan fingerprint density at radius 1 is 1.39 bits per heavy atom. The standard InChI is InChI=1S/C11H7BrF2N2OS/c12-8-3-5(4-18-8)11(17)16-10-7(15)2-1-6(13)9(10)14/h1-4H,15H2,(H,16,17). The molecule has 2 rings (SSSR count). The van der Waals surface area contributed by atoms with Crippen LogP contribution in [-0.4, -0.2) is 5.91 Å². The van der Waals surface area contributed by atoms with Crippen molar-refractivity contribution in [1.82, 2.24) is 0 Å². The summed E-state index contributed by atoms with van der Waals surface area (Å²) in [5, 5.41) is 3.85. The van der Waals surface area contributed by atoms with Crippen LogP contribution < -0.4 is 11.1 Å². The predicted octanol–water partition coefficient (Wildman–Crippen LogP) is 3.62. The molecule has 3 N–H and O–H groups in total. The van der Waals surface area contributed by atoms with Gasteiger partial charge < -0.3 is 11.1 Å².